The zero-order valence-electron chi connectivity index (χ0n) is 18.0. The van der Waals surface area contributed by atoms with Gasteiger partial charge in [0, 0.05) is 23.5 Å². The summed E-state index contributed by atoms with van der Waals surface area (Å²) in [5.41, 5.74) is 2.94. The summed E-state index contributed by atoms with van der Waals surface area (Å²) in [7, 11) is 0. The summed E-state index contributed by atoms with van der Waals surface area (Å²) in [5.74, 6) is 0.179. The molecule has 0 aliphatic carbocycles. The van der Waals surface area contributed by atoms with Gasteiger partial charge in [0.1, 0.15) is 6.54 Å². The summed E-state index contributed by atoms with van der Waals surface area (Å²) >= 11 is 1.76. The number of carbonyl (C=O) groups excluding carboxylic acids is 2. The average molecular weight is 433 g/mol. The van der Waals surface area contributed by atoms with Crippen molar-refractivity contribution in [2.45, 2.75) is 26.3 Å². The van der Waals surface area contributed by atoms with Crippen molar-refractivity contribution in [2.24, 2.45) is 5.92 Å². The van der Waals surface area contributed by atoms with E-state index in [-0.39, 0.29) is 30.3 Å². The van der Waals surface area contributed by atoms with Gasteiger partial charge in [-0.25, -0.2) is 0 Å². The lowest BCUT2D eigenvalue weighted by Crippen LogP contribution is -2.47. The topological polar surface area (TPSA) is 40.6 Å². The molecule has 2 amide bonds. The van der Waals surface area contributed by atoms with Crippen LogP contribution < -0.4 is 0 Å². The zero-order valence-corrected chi connectivity index (χ0v) is 18.8. The van der Waals surface area contributed by atoms with Crippen LogP contribution in [0, 0.1) is 5.92 Å². The van der Waals surface area contributed by atoms with Gasteiger partial charge in [0.2, 0.25) is 5.91 Å². The van der Waals surface area contributed by atoms with Crippen molar-refractivity contribution in [3.05, 3.63) is 93.7 Å². The van der Waals surface area contributed by atoms with Gasteiger partial charge >= 0.3 is 0 Å². The first-order valence-corrected chi connectivity index (χ1v) is 11.7. The normalized spacial score (nSPS) is 15.6. The smallest absolute Gasteiger partial charge is 0.254 e. The number of fused-ring (bicyclic) bond motifs is 1. The first-order valence-electron chi connectivity index (χ1n) is 10.8. The van der Waals surface area contributed by atoms with Crippen molar-refractivity contribution in [1.29, 1.82) is 0 Å². The molecule has 4 rings (SSSR count). The van der Waals surface area contributed by atoms with Gasteiger partial charge in [-0.1, -0.05) is 62.4 Å². The van der Waals surface area contributed by atoms with Gasteiger partial charge in [0.25, 0.3) is 5.91 Å². The second-order valence-corrected chi connectivity index (χ2v) is 9.40. The molecule has 1 aliphatic heterocycles. The Hall–Kier alpha value is -2.92. The molecule has 1 aliphatic rings. The van der Waals surface area contributed by atoms with Crippen LogP contribution in [-0.4, -0.2) is 41.2 Å². The monoisotopic (exact) mass is 432 g/mol. The van der Waals surface area contributed by atoms with Gasteiger partial charge in [-0.2, -0.15) is 0 Å². The Kier molecular flexibility index (Phi) is 6.52. The molecule has 3 aromatic rings. The minimum absolute atomic E-state index is 0.00404. The van der Waals surface area contributed by atoms with Crippen LogP contribution in [0.25, 0.3) is 0 Å². The molecule has 1 unspecified atom stereocenters. The van der Waals surface area contributed by atoms with E-state index >= 15 is 0 Å². The third-order valence-electron chi connectivity index (χ3n) is 5.62. The molecule has 31 heavy (non-hydrogen) atoms. The average Bonchev–Trinajstić information content (AvgIpc) is 3.27. The summed E-state index contributed by atoms with van der Waals surface area (Å²) in [6.07, 6.45) is 0.860. The SMILES string of the molecule is CC(C)CN(CC(=O)N1CCc2sccc2C1c1ccccc1)C(=O)c1ccccc1. The van der Waals surface area contributed by atoms with Crippen LogP contribution in [0.1, 0.15) is 46.3 Å². The first kappa shape index (κ1) is 21.3. The van der Waals surface area contributed by atoms with Gasteiger partial charge in [0.05, 0.1) is 6.04 Å². The Bertz CT molecular complexity index is 1030. The largest absolute Gasteiger partial charge is 0.330 e. The van der Waals surface area contributed by atoms with Crippen molar-refractivity contribution in [2.75, 3.05) is 19.6 Å². The van der Waals surface area contributed by atoms with E-state index in [0.29, 0.717) is 18.7 Å². The fourth-order valence-corrected chi connectivity index (χ4v) is 5.16. The molecule has 0 N–H and O–H groups in total. The van der Waals surface area contributed by atoms with Gasteiger partial charge < -0.3 is 9.80 Å². The molecule has 160 valence electrons. The predicted molar refractivity (Wildman–Crippen MR) is 125 cm³/mol. The van der Waals surface area contributed by atoms with E-state index in [1.54, 1.807) is 16.2 Å². The highest BCUT2D eigenvalue weighted by atomic mass is 32.1. The Morgan fingerprint density at radius 1 is 1.03 bits per heavy atom. The maximum Gasteiger partial charge on any atom is 0.254 e. The van der Waals surface area contributed by atoms with E-state index < -0.39 is 0 Å². The lowest BCUT2D eigenvalue weighted by atomic mass is 9.93. The van der Waals surface area contributed by atoms with E-state index in [2.05, 4.69) is 37.4 Å². The fraction of sp³-hybridized carbons (Fsp3) is 0.308. The summed E-state index contributed by atoms with van der Waals surface area (Å²) in [5, 5.41) is 2.11. The molecule has 0 saturated carbocycles. The van der Waals surface area contributed by atoms with E-state index in [4.69, 9.17) is 0 Å². The number of benzene rings is 2. The zero-order chi connectivity index (χ0) is 21.8. The lowest BCUT2D eigenvalue weighted by molar-refractivity contribution is -0.134. The highest BCUT2D eigenvalue weighted by molar-refractivity contribution is 7.10. The number of thiophene rings is 1. The number of nitrogens with zero attached hydrogens (tertiary/aromatic N) is 2. The molecule has 2 heterocycles. The molecule has 0 radical (unpaired) electrons. The van der Waals surface area contributed by atoms with Crippen molar-refractivity contribution in [3.8, 4) is 0 Å². The molecule has 0 saturated heterocycles. The standard InChI is InChI=1S/C26H28N2O2S/c1-19(2)17-27(26(30)21-11-7-4-8-12-21)18-24(29)28-15-13-23-22(14-16-31-23)25(28)20-9-5-3-6-10-20/h3-12,14,16,19,25H,13,15,17-18H2,1-2H3. The molecule has 4 nitrogen and oxygen atoms in total. The minimum atomic E-state index is -0.101. The molecular weight excluding hydrogens is 404 g/mol. The second-order valence-electron chi connectivity index (χ2n) is 8.40. The van der Waals surface area contributed by atoms with Gasteiger partial charge in [-0.3, -0.25) is 9.59 Å². The molecule has 0 spiro atoms. The predicted octanol–water partition coefficient (Wildman–Crippen LogP) is 5.02. The van der Waals surface area contributed by atoms with Crippen LogP contribution in [0.4, 0.5) is 0 Å². The van der Waals surface area contributed by atoms with Crippen molar-refractivity contribution < 1.29 is 9.59 Å². The van der Waals surface area contributed by atoms with Crippen LogP contribution in [0.3, 0.4) is 0 Å². The Labute approximate surface area is 188 Å². The van der Waals surface area contributed by atoms with Gasteiger partial charge in [0.15, 0.2) is 0 Å². The van der Waals surface area contributed by atoms with Crippen molar-refractivity contribution in [3.63, 3.8) is 0 Å². The number of hydrogen-bond donors (Lipinski definition) is 0. The summed E-state index contributed by atoms with van der Waals surface area (Å²) in [6, 6.07) is 21.5. The third kappa shape index (κ3) is 4.72. The summed E-state index contributed by atoms with van der Waals surface area (Å²) in [4.78, 5) is 31.7. The van der Waals surface area contributed by atoms with Gasteiger partial charge in [-0.15, -0.1) is 11.3 Å². The van der Waals surface area contributed by atoms with Crippen LogP contribution >= 0.6 is 11.3 Å². The number of hydrogen-bond acceptors (Lipinski definition) is 3. The molecule has 0 bridgehead atoms. The number of amides is 2. The fourth-order valence-electron chi connectivity index (χ4n) is 4.26. The summed E-state index contributed by atoms with van der Waals surface area (Å²) < 4.78 is 0. The van der Waals surface area contributed by atoms with E-state index in [0.717, 1.165) is 12.0 Å². The highest BCUT2D eigenvalue weighted by Gasteiger charge is 2.34. The van der Waals surface area contributed by atoms with E-state index in [1.807, 2.05) is 53.4 Å². The molecule has 5 heteroatoms. The van der Waals surface area contributed by atoms with Crippen molar-refractivity contribution in [1.82, 2.24) is 9.80 Å². The van der Waals surface area contributed by atoms with Crippen LogP contribution in [0.2, 0.25) is 0 Å². The third-order valence-corrected chi connectivity index (χ3v) is 6.62. The molecule has 2 aromatic carbocycles. The number of rotatable bonds is 6. The Morgan fingerprint density at radius 2 is 1.71 bits per heavy atom. The minimum Gasteiger partial charge on any atom is -0.330 e. The molecular formula is C26H28N2O2S. The molecule has 0 fully saturated rings. The molecule has 1 aromatic heterocycles. The van der Waals surface area contributed by atoms with Crippen LogP contribution in [0.15, 0.2) is 72.1 Å². The van der Waals surface area contributed by atoms with Crippen LogP contribution in [0.5, 0.6) is 0 Å². The van der Waals surface area contributed by atoms with E-state index in [9.17, 15) is 9.59 Å². The second kappa shape index (κ2) is 9.48. The maximum absolute atomic E-state index is 13.6. The van der Waals surface area contributed by atoms with Gasteiger partial charge in [-0.05, 0) is 47.0 Å². The quantitative estimate of drug-likeness (QED) is 0.549. The lowest BCUT2D eigenvalue weighted by Gasteiger charge is -2.38. The Balaban J connectivity index is 1.61. The van der Waals surface area contributed by atoms with E-state index in [1.165, 1.54) is 10.4 Å². The molecule has 1 atom stereocenters. The Morgan fingerprint density at radius 3 is 2.39 bits per heavy atom. The van der Waals surface area contributed by atoms with Crippen molar-refractivity contribution >= 4 is 23.2 Å². The van der Waals surface area contributed by atoms with Crippen LogP contribution in [-0.2, 0) is 11.2 Å². The highest BCUT2D eigenvalue weighted by Crippen LogP contribution is 2.37. The maximum atomic E-state index is 13.6. The summed E-state index contributed by atoms with van der Waals surface area (Å²) in [6.45, 7) is 5.45. The number of carbonyl (C=O) groups is 2. The first-order chi connectivity index (χ1) is 15.0.